The topological polar surface area (TPSA) is 32.3 Å². The third-order valence-corrected chi connectivity index (χ3v) is 4.11. The third kappa shape index (κ3) is 3.75. The first kappa shape index (κ1) is 14.9. The number of rotatable bonds is 4. The zero-order valence-electron chi connectivity index (χ0n) is 12.9. The van der Waals surface area contributed by atoms with E-state index in [0.29, 0.717) is 6.42 Å². The Morgan fingerprint density at radius 3 is 2.70 bits per heavy atom. The molecule has 0 aliphatic carbocycles. The fourth-order valence-electron chi connectivity index (χ4n) is 2.82. The lowest BCUT2D eigenvalue weighted by Gasteiger charge is -2.33. The van der Waals surface area contributed by atoms with Crippen LogP contribution in [-0.2, 0) is 4.79 Å². The standard InChI is InChI=1S/C17H26N2O/c1-4-17(20)18-14(3)15-7-9-16(10-8-15)19-11-5-6-13(2)12-19/h7-10,13-14H,4-6,11-12H2,1-3H3,(H,18,20)/t13-,14+/m1/s1. The molecule has 2 rings (SSSR count). The molecule has 1 fully saturated rings. The number of carbonyl (C=O) groups excluding carboxylic acids is 1. The van der Waals surface area contributed by atoms with Gasteiger partial charge in [-0.3, -0.25) is 4.79 Å². The predicted octanol–water partition coefficient (Wildman–Crippen LogP) is 3.51. The van der Waals surface area contributed by atoms with Gasteiger partial charge in [-0.15, -0.1) is 0 Å². The van der Waals surface area contributed by atoms with Crippen LogP contribution in [0.4, 0.5) is 5.69 Å². The van der Waals surface area contributed by atoms with Gasteiger partial charge < -0.3 is 10.2 Å². The van der Waals surface area contributed by atoms with Gasteiger partial charge >= 0.3 is 0 Å². The number of carbonyl (C=O) groups is 1. The van der Waals surface area contributed by atoms with E-state index in [1.54, 1.807) is 0 Å². The molecule has 1 N–H and O–H groups in total. The second kappa shape index (κ2) is 6.78. The van der Waals surface area contributed by atoms with Gasteiger partial charge in [-0.25, -0.2) is 0 Å². The van der Waals surface area contributed by atoms with Crippen molar-refractivity contribution in [2.75, 3.05) is 18.0 Å². The molecule has 3 nitrogen and oxygen atoms in total. The number of amides is 1. The summed E-state index contributed by atoms with van der Waals surface area (Å²) in [6.45, 7) is 8.55. The van der Waals surface area contributed by atoms with Crippen LogP contribution in [0.2, 0.25) is 0 Å². The van der Waals surface area contributed by atoms with Crippen molar-refractivity contribution in [3.63, 3.8) is 0 Å². The van der Waals surface area contributed by atoms with E-state index in [1.165, 1.54) is 24.1 Å². The maximum atomic E-state index is 11.4. The molecule has 1 aliphatic heterocycles. The Hall–Kier alpha value is -1.51. The van der Waals surface area contributed by atoms with Crippen molar-refractivity contribution in [2.24, 2.45) is 5.92 Å². The number of anilines is 1. The van der Waals surface area contributed by atoms with E-state index in [2.05, 4.69) is 41.4 Å². The third-order valence-electron chi connectivity index (χ3n) is 4.11. The average Bonchev–Trinajstić information content (AvgIpc) is 2.47. The maximum Gasteiger partial charge on any atom is 0.220 e. The minimum absolute atomic E-state index is 0.0804. The molecule has 0 spiro atoms. The summed E-state index contributed by atoms with van der Waals surface area (Å²) in [6.07, 6.45) is 3.16. The first-order valence-corrected chi connectivity index (χ1v) is 7.74. The Labute approximate surface area is 122 Å². The summed E-state index contributed by atoms with van der Waals surface area (Å²) in [5, 5.41) is 3.00. The predicted molar refractivity (Wildman–Crippen MR) is 83.9 cm³/mol. The number of hydrogen-bond acceptors (Lipinski definition) is 2. The highest BCUT2D eigenvalue weighted by molar-refractivity contribution is 5.76. The average molecular weight is 274 g/mol. The maximum absolute atomic E-state index is 11.4. The van der Waals surface area contributed by atoms with Crippen LogP contribution in [0.1, 0.15) is 51.6 Å². The van der Waals surface area contributed by atoms with Crippen molar-refractivity contribution in [3.8, 4) is 0 Å². The normalized spacial score (nSPS) is 20.6. The van der Waals surface area contributed by atoms with E-state index >= 15 is 0 Å². The Bertz CT molecular complexity index is 441. The van der Waals surface area contributed by atoms with Crippen LogP contribution in [0, 0.1) is 5.92 Å². The Kier molecular flexibility index (Phi) is 5.05. The summed E-state index contributed by atoms with van der Waals surface area (Å²) in [6, 6.07) is 8.71. The fraction of sp³-hybridized carbons (Fsp3) is 0.588. The largest absolute Gasteiger partial charge is 0.371 e. The van der Waals surface area contributed by atoms with E-state index in [0.717, 1.165) is 19.0 Å². The van der Waals surface area contributed by atoms with Crippen LogP contribution in [0.25, 0.3) is 0 Å². The summed E-state index contributed by atoms with van der Waals surface area (Å²) in [5.74, 6) is 0.887. The van der Waals surface area contributed by atoms with Crippen LogP contribution in [0.3, 0.4) is 0 Å². The van der Waals surface area contributed by atoms with E-state index in [1.807, 2.05) is 13.8 Å². The molecule has 1 heterocycles. The van der Waals surface area contributed by atoms with Gasteiger partial charge in [0.25, 0.3) is 0 Å². The molecule has 1 aromatic rings. The number of nitrogens with zero attached hydrogens (tertiary/aromatic N) is 1. The van der Waals surface area contributed by atoms with Gasteiger partial charge in [0.15, 0.2) is 0 Å². The molecule has 0 radical (unpaired) electrons. The van der Waals surface area contributed by atoms with Gasteiger partial charge in [-0.2, -0.15) is 0 Å². The van der Waals surface area contributed by atoms with Crippen LogP contribution < -0.4 is 10.2 Å². The van der Waals surface area contributed by atoms with Gasteiger partial charge in [0, 0.05) is 25.2 Å². The molecule has 110 valence electrons. The molecule has 3 heteroatoms. The number of nitrogens with one attached hydrogen (secondary N) is 1. The summed E-state index contributed by atoms with van der Waals surface area (Å²) in [5.41, 5.74) is 2.47. The van der Waals surface area contributed by atoms with Crippen molar-refractivity contribution in [1.29, 1.82) is 0 Å². The molecule has 1 saturated heterocycles. The van der Waals surface area contributed by atoms with E-state index in [-0.39, 0.29) is 11.9 Å². The molecule has 0 bridgehead atoms. The zero-order chi connectivity index (χ0) is 14.5. The smallest absolute Gasteiger partial charge is 0.220 e. The number of benzene rings is 1. The Balaban J connectivity index is 2.00. The summed E-state index contributed by atoms with van der Waals surface area (Å²) < 4.78 is 0. The molecule has 1 aliphatic rings. The van der Waals surface area contributed by atoms with Crippen molar-refractivity contribution in [1.82, 2.24) is 5.32 Å². The van der Waals surface area contributed by atoms with Gasteiger partial charge in [0.05, 0.1) is 6.04 Å². The van der Waals surface area contributed by atoms with Gasteiger partial charge in [-0.05, 0) is 43.4 Å². The van der Waals surface area contributed by atoms with Gasteiger partial charge in [0.1, 0.15) is 0 Å². The molecule has 1 aromatic carbocycles. The Morgan fingerprint density at radius 1 is 1.40 bits per heavy atom. The minimum Gasteiger partial charge on any atom is -0.371 e. The lowest BCUT2D eigenvalue weighted by molar-refractivity contribution is -0.121. The van der Waals surface area contributed by atoms with Crippen molar-refractivity contribution < 1.29 is 4.79 Å². The molecular weight excluding hydrogens is 248 g/mol. The van der Waals surface area contributed by atoms with E-state index < -0.39 is 0 Å². The summed E-state index contributed by atoms with van der Waals surface area (Å²) in [7, 11) is 0. The van der Waals surface area contributed by atoms with Crippen molar-refractivity contribution in [3.05, 3.63) is 29.8 Å². The van der Waals surface area contributed by atoms with Crippen LogP contribution >= 0.6 is 0 Å². The van der Waals surface area contributed by atoms with E-state index in [4.69, 9.17) is 0 Å². The molecule has 0 saturated carbocycles. The first-order valence-electron chi connectivity index (χ1n) is 7.74. The molecule has 0 aromatic heterocycles. The number of piperidine rings is 1. The molecule has 20 heavy (non-hydrogen) atoms. The fourth-order valence-corrected chi connectivity index (χ4v) is 2.82. The highest BCUT2D eigenvalue weighted by atomic mass is 16.1. The molecule has 0 unspecified atom stereocenters. The van der Waals surface area contributed by atoms with Crippen LogP contribution in [-0.4, -0.2) is 19.0 Å². The van der Waals surface area contributed by atoms with Crippen molar-refractivity contribution >= 4 is 11.6 Å². The zero-order valence-corrected chi connectivity index (χ0v) is 12.9. The minimum atomic E-state index is 0.0804. The van der Waals surface area contributed by atoms with Crippen LogP contribution in [0.15, 0.2) is 24.3 Å². The summed E-state index contributed by atoms with van der Waals surface area (Å²) in [4.78, 5) is 13.9. The first-order chi connectivity index (χ1) is 9.60. The lowest BCUT2D eigenvalue weighted by Crippen LogP contribution is -2.34. The molecular formula is C17H26N2O. The second-order valence-electron chi connectivity index (χ2n) is 5.93. The monoisotopic (exact) mass is 274 g/mol. The Morgan fingerprint density at radius 2 is 2.10 bits per heavy atom. The van der Waals surface area contributed by atoms with Gasteiger partial charge in [0.2, 0.25) is 5.91 Å². The number of hydrogen-bond donors (Lipinski definition) is 1. The molecule has 1 amide bonds. The van der Waals surface area contributed by atoms with Crippen molar-refractivity contribution in [2.45, 2.75) is 46.1 Å². The van der Waals surface area contributed by atoms with Gasteiger partial charge in [-0.1, -0.05) is 26.0 Å². The lowest BCUT2D eigenvalue weighted by atomic mass is 9.99. The highest BCUT2D eigenvalue weighted by Gasteiger charge is 2.16. The highest BCUT2D eigenvalue weighted by Crippen LogP contribution is 2.24. The SMILES string of the molecule is CCC(=O)N[C@@H](C)c1ccc(N2CCC[C@@H](C)C2)cc1. The van der Waals surface area contributed by atoms with Crippen LogP contribution in [0.5, 0.6) is 0 Å². The molecule has 2 atom stereocenters. The quantitative estimate of drug-likeness (QED) is 0.911. The van der Waals surface area contributed by atoms with E-state index in [9.17, 15) is 4.79 Å². The second-order valence-corrected chi connectivity index (χ2v) is 5.93. The summed E-state index contributed by atoms with van der Waals surface area (Å²) >= 11 is 0.